The number of carbonyl (C=O) groups excluding carboxylic acids is 1. The highest BCUT2D eigenvalue weighted by atomic mass is 32.1. The third kappa shape index (κ3) is 3.42. The maximum absolute atomic E-state index is 12.6. The molecule has 0 saturated carbocycles. The molecular formula is C24H19N3O2S. The van der Waals surface area contributed by atoms with Crippen LogP contribution in [0.1, 0.15) is 15.9 Å². The average molecular weight is 414 g/mol. The number of hydrogen-bond acceptors (Lipinski definition) is 4. The summed E-state index contributed by atoms with van der Waals surface area (Å²) in [6, 6.07) is 23.5. The highest BCUT2D eigenvalue weighted by molar-refractivity contribution is 7.23. The number of methoxy groups -OCH3 is 1. The van der Waals surface area contributed by atoms with E-state index < -0.39 is 0 Å². The summed E-state index contributed by atoms with van der Waals surface area (Å²) in [5, 5.41) is 2.98. The van der Waals surface area contributed by atoms with Gasteiger partial charge in [-0.2, -0.15) is 0 Å². The molecule has 0 aliphatic rings. The van der Waals surface area contributed by atoms with Crippen LogP contribution < -0.4 is 10.1 Å². The van der Waals surface area contributed by atoms with E-state index in [1.807, 2.05) is 79.0 Å². The number of fused-ring (bicyclic) bond motifs is 3. The lowest BCUT2D eigenvalue weighted by atomic mass is 10.1. The summed E-state index contributed by atoms with van der Waals surface area (Å²) in [4.78, 5) is 18.2. The van der Waals surface area contributed by atoms with Crippen LogP contribution in [0.25, 0.3) is 26.4 Å². The van der Waals surface area contributed by atoms with Crippen molar-refractivity contribution in [3.63, 3.8) is 0 Å². The Morgan fingerprint density at radius 2 is 1.93 bits per heavy atom. The van der Waals surface area contributed by atoms with E-state index in [0.717, 1.165) is 37.7 Å². The molecule has 148 valence electrons. The number of nitrogens with zero attached hydrogens (tertiary/aromatic N) is 2. The van der Waals surface area contributed by atoms with E-state index in [1.54, 1.807) is 18.4 Å². The number of aromatic nitrogens is 2. The summed E-state index contributed by atoms with van der Waals surface area (Å²) in [7, 11) is 1.66. The third-order valence-electron chi connectivity index (χ3n) is 5.02. The molecule has 30 heavy (non-hydrogen) atoms. The zero-order chi connectivity index (χ0) is 20.5. The predicted octanol–water partition coefficient (Wildman–Crippen LogP) is 5.15. The zero-order valence-corrected chi connectivity index (χ0v) is 17.1. The fourth-order valence-corrected chi connectivity index (χ4v) is 4.49. The molecule has 0 bridgehead atoms. The number of benzene rings is 3. The largest absolute Gasteiger partial charge is 0.497 e. The first kappa shape index (κ1) is 18.4. The van der Waals surface area contributed by atoms with E-state index in [4.69, 9.17) is 9.72 Å². The van der Waals surface area contributed by atoms with E-state index in [1.165, 1.54) is 0 Å². The van der Waals surface area contributed by atoms with E-state index in [-0.39, 0.29) is 5.91 Å². The Balaban J connectivity index is 1.42. The van der Waals surface area contributed by atoms with Gasteiger partial charge in [-0.05, 0) is 35.9 Å². The van der Waals surface area contributed by atoms with Crippen LogP contribution >= 0.6 is 11.3 Å². The van der Waals surface area contributed by atoms with Gasteiger partial charge < -0.3 is 10.1 Å². The van der Waals surface area contributed by atoms with Crippen molar-refractivity contribution in [2.75, 3.05) is 7.11 Å². The Bertz CT molecular complexity index is 1360. The van der Waals surface area contributed by atoms with Gasteiger partial charge in [0.15, 0.2) is 4.96 Å². The van der Waals surface area contributed by atoms with Gasteiger partial charge >= 0.3 is 0 Å². The van der Waals surface area contributed by atoms with Crippen LogP contribution in [0.2, 0.25) is 0 Å². The molecule has 0 spiro atoms. The molecule has 1 amide bonds. The molecule has 0 unspecified atom stereocenters. The first-order chi connectivity index (χ1) is 14.7. The summed E-state index contributed by atoms with van der Waals surface area (Å²) >= 11 is 1.57. The lowest BCUT2D eigenvalue weighted by Gasteiger charge is -2.05. The Kier molecular flexibility index (Phi) is 4.69. The van der Waals surface area contributed by atoms with Gasteiger partial charge in [-0.15, -0.1) is 0 Å². The van der Waals surface area contributed by atoms with Crippen molar-refractivity contribution in [3.05, 3.63) is 90.1 Å². The Labute approximate surface area is 177 Å². The molecule has 0 fully saturated rings. The molecular weight excluding hydrogens is 394 g/mol. The van der Waals surface area contributed by atoms with Crippen molar-refractivity contribution in [3.8, 4) is 17.0 Å². The van der Waals surface area contributed by atoms with E-state index in [0.29, 0.717) is 12.1 Å². The number of hydrogen-bond donors (Lipinski definition) is 1. The number of thiazole rings is 1. The number of nitrogens with one attached hydrogen (secondary N) is 1. The molecule has 1 N–H and O–H groups in total. The predicted molar refractivity (Wildman–Crippen MR) is 120 cm³/mol. The minimum atomic E-state index is -0.0798. The van der Waals surface area contributed by atoms with Gasteiger partial charge in [0.05, 0.1) is 23.0 Å². The van der Waals surface area contributed by atoms with Crippen molar-refractivity contribution >= 4 is 32.4 Å². The van der Waals surface area contributed by atoms with Crippen LogP contribution in [0, 0.1) is 0 Å². The molecule has 0 aliphatic carbocycles. The van der Waals surface area contributed by atoms with E-state index in [9.17, 15) is 4.79 Å². The van der Waals surface area contributed by atoms with Gasteiger partial charge in [-0.3, -0.25) is 9.20 Å². The number of imidazole rings is 1. The van der Waals surface area contributed by atoms with Gasteiger partial charge in [0.2, 0.25) is 0 Å². The number of rotatable bonds is 5. The van der Waals surface area contributed by atoms with Crippen molar-refractivity contribution in [1.29, 1.82) is 0 Å². The van der Waals surface area contributed by atoms with E-state index >= 15 is 0 Å². The first-order valence-electron chi connectivity index (χ1n) is 9.59. The van der Waals surface area contributed by atoms with Crippen molar-refractivity contribution in [1.82, 2.24) is 14.7 Å². The SMILES string of the molecule is COc1cccc(-c2cn3c(n2)sc2cc(C(=O)NCc4ccccc4)ccc23)c1. The molecule has 6 heteroatoms. The summed E-state index contributed by atoms with van der Waals surface area (Å²) < 4.78 is 8.42. The maximum atomic E-state index is 12.6. The Hall–Kier alpha value is -3.64. The second kappa shape index (κ2) is 7.65. The Morgan fingerprint density at radius 1 is 1.07 bits per heavy atom. The van der Waals surface area contributed by atoms with Crippen molar-refractivity contribution < 1.29 is 9.53 Å². The normalized spacial score (nSPS) is 11.1. The first-order valence-corrected chi connectivity index (χ1v) is 10.4. The van der Waals surface area contributed by atoms with Crippen LogP contribution in [-0.2, 0) is 6.54 Å². The topological polar surface area (TPSA) is 55.6 Å². The van der Waals surface area contributed by atoms with Crippen LogP contribution in [0.15, 0.2) is 79.0 Å². The van der Waals surface area contributed by atoms with Crippen LogP contribution in [-0.4, -0.2) is 22.4 Å². The summed E-state index contributed by atoms with van der Waals surface area (Å²) in [6.07, 6.45) is 2.03. The summed E-state index contributed by atoms with van der Waals surface area (Å²) in [6.45, 7) is 0.509. The second-order valence-electron chi connectivity index (χ2n) is 6.96. The molecule has 0 atom stereocenters. The molecule has 0 saturated heterocycles. The van der Waals surface area contributed by atoms with Crippen molar-refractivity contribution in [2.24, 2.45) is 0 Å². The summed E-state index contributed by atoms with van der Waals surface area (Å²) in [5.74, 6) is 0.726. The van der Waals surface area contributed by atoms with Gasteiger partial charge in [-0.25, -0.2) is 4.98 Å². The third-order valence-corrected chi connectivity index (χ3v) is 6.04. The monoisotopic (exact) mass is 413 g/mol. The molecule has 2 aromatic heterocycles. The molecule has 5 aromatic rings. The smallest absolute Gasteiger partial charge is 0.251 e. The number of carbonyl (C=O) groups is 1. The maximum Gasteiger partial charge on any atom is 0.251 e. The van der Waals surface area contributed by atoms with Gasteiger partial charge in [0, 0.05) is 23.9 Å². The molecule has 0 radical (unpaired) electrons. The van der Waals surface area contributed by atoms with Gasteiger partial charge in [0.25, 0.3) is 5.91 Å². The zero-order valence-electron chi connectivity index (χ0n) is 16.3. The molecule has 5 nitrogen and oxygen atoms in total. The lowest BCUT2D eigenvalue weighted by Crippen LogP contribution is -2.22. The van der Waals surface area contributed by atoms with Crippen LogP contribution in [0.5, 0.6) is 5.75 Å². The molecule has 5 rings (SSSR count). The quantitative estimate of drug-likeness (QED) is 0.433. The Morgan fingerprint density at radius 3 is 2.77 bits per heavy atom. The van der Waals surface area contributed by atoms with Gasteiger partial charge in [0.1, 0.15) is 5.75 Å². The van der Waals surface area contributed by atoms with Crippen LogP contribution in [0.3, 0.4) is 0 Å². The van der Waals surface area contributed by atoms with E-state index in [2.05, 4.69) is 9.72 Å². The van der Waals surface area contributed by atoms with Crippen molar-refractivity contribution in [2.45, 2.75) is 6.54 Å². The summed E-state index contributed by atoms with van der Waals surface area (Å²) in [5.41, 5.74) is 4.67. The molecule has 0 aliphatic heterocycles. The lowest BCUT2D eigenvalue weighted by molar-refractivity contribution is 0.0951. The average Bonchev–Trinajstić information content (AvgIpc) is 3.36. The fraction of sp³-hybridized carbons (Fsp3) is 0.0833. The minimum absolute atomic E-state index is 0.0798. The minimum Gasteiger partial charge on any atom is -0.497 e. The number of ether oxygens (including phenoxy) is 1. The highest BCUT2D eigenvalue weighted by Crippen LogP contribution is 2.31. The standard InChI is InChI=1S/C24H19N3O2S/c1-29-19-9-5-8-17(12-19)20-15-27-21-11-10-18(13-22(21)30-24(27)26-20)23(28)25-14-16-6-3-2-4-7-16/h2-13,15H,14H2,1H3,(H,25,28). The second-order valence-corrected chi connectivity index (χ2v) is 7.97. The van der Waals surface area contributed by atoms with Crippen LogP contribution in [0.4, 0.5) is 0 Å². The van der Waals surface area contributed by atoms with Gasteiger partial charge in [-0.1, -0.05) is 53.8 Å². The number of amides is 1. The molecule has 2 heterocycles. The molecule has 3 aromatic carbocycles. The highest BCUT2D eigenvalue weighted by Gasteiger charge is 2.13. The fourth-order valence-electron chi connectivity index (χ4n) is 3.44.